The molecule has 1 aromatic heterocycles. The van der Waals surface area contributed by atoms with Crippen LogP contribution in [0.2, 0.25) is 5.02 Å². The lowest BCUT2D eigenvalue weighted by molar-refractivity contribution is -0.116. The van der Waals surface area contributed by atoms with Crippen molar-refractivity contribution in [2.45, 2.75) is 29.5 Å². The van der Waals surface area contributed by atoms with Gasteiger partial charge in [0.1, 0.15) is 11.6 Å². The maximum atomic E-state index is 15.1. The number of nitrogens with one attached hydrogen (secondary N) is 1. The second-order valence-corrected chi connectivity index (χ2v) is 12.2. The van der Waals surface area contributed by atoms with Crippen molar-refractivity contribution < 1.29 is 14.0 Å². The Hall–Kier alpha value is -3.24. The van der Waals surface area contributed by atoms with Crippen molar-refractivity contribution in [1.82, 2.24) is 10.2 Å². The molecule has 3 aromatic rings. The van der Waals surface area contributed by atoms with E-state index >= 15 is 4.39 Å². The van der Waals surface area contributed by atoms with E-state index in [1.165, 1.54) is 29.2 Å². The van der Waals surface area contributed by atoms with Crippen LogP contribution in [0.1, 0.15) is 30.7 Å². The summed E-state index contributed by atoms with van der Waals surface area (Å²) in [6.45, 7) is 0. The smallest absolute Gasteiger partial charge is 0.234 e. The number of allylic oxidation sites excluding steroid dienone is 3. The van der Waals surface area contributed by atoms with Crippen LogP contribution in [0.5, 0.6) is 0 Å². The number of anilines is 2. The topological polar surface area (TPSA) is 125 Å². The van der Waals surface area contributed by atoms with E-state index in [4.69, 9.17) is 17.3 Å². The highest BCUT2D eigenvalue weighted by molar-refractivity contribution is 9.10. The number of Topliss-reactive ketones (excluding diaryl/α,β-unsaturated/α-hetero) is 1. The van der Waals surface area contributed by atoms with E-state index in [0.29, 0.717) is 55.2 Å². The summed E-state index contributed by atoms with van der Waals surface area (Å²) in [4.78, 5) is 27.2. The predicted octanol–water partition coefficient (Wildman–Crippen LogP) is 6.13. The Morgan fingerprint density at radius 1 is 1.28 bits per heavy atom. The van der Waals surface area contributed by atoms with Gasteiger partial charge in [-0.25, -0.2) is 4.39 Å². The maximum absolute atomic E-state index is 15.1. The summed E-state index contributed by atoms with van der Waals surface area (Å²) in [6, 6.07) is 13.4. The highest BCUT2D eigenvalue weighted by Crippen LogP contribution is 2.47. The van der Waals surface area contributed by atoms with Gasteiger partial charge in [0.15, 0.2) is 10.1 Å². The molecule has 198 valence electrons. The molecular formula is C26H19BrClFN6O2S2. The number of benzene rings is 2. The maximum Gasteiger partial charge on any atom is 0.234 e. The van der Waals surface area contributed by atoms with Crippen LogP contribution in [0.15, 0.2) is 73.9 Å². The average molecular weight is 646 g/mol. The Labute approximate surface area is 244 Å². The Balaban J connectivity index is 1.43. The van der Waals surface area contributed by atoms with Gasteiger partial charge in [0.25, 0.3) is 0 Å². The van der Waals surface area contributed by atoms with Gasteiger partial charge in [-0.1, -0.05) is 56.7 Å². The normalized spacial score (nSPS) is 17.2. The summed E-state index contributed by atoms with van der Waals surface area (Å²) in [5.74, 6) is -1.69. The molecule has 0 bridgehead atoms. The van der Waals surface area contributed by atoms with Gasteiger partial charge in [0.05, 0.1) is 23.3 Å². The van der Waals surface area contributed by atoms with Crippen LogP contribution in [-0.2, 0) is 9.59 Å². The van der Waals surface area contributed by atoms with Gasteiger partial charge in [-0.3, -0.25) is 14.5 Å². The first-order valence-electron chi connectivity index (χ1n) is 11.7. The molecule has 1 atom stereocenters. The van der Waals surface area contributed by atoms with Crippen LogP contribution in [0.4, 0.5) is 15.2 Å². The van der Waals surface area contributed by atoms with E-state index in [0.717, 1.165) is 0 Å². The molecule has 13 heteroatoms. The molecule has 0 saturated heterocycles. The Morgan fingerprint density at radius 3 is 2.77 bits per heavy atom. The van der Waals surface area contributed by atoms with Crippen LogP contribution in [0.25, 0.3) is 0 Å². The number of carbonyl (C=O) groups excluding carboxylic acids is 2. The Morgan fingerprint density at radius 2 is 2.05 bits per heavy atom. The van der Waals surface area contributed by atoms with Crippen LogP contribution in [0.3, 0.4) is 0 Å². The van der Waals surface area contributed by atoms with E-state index in [-0.39, 0.29) is 34.4 Å². The molecule has 39 heavy (non-hydrogen) atoms. The van der Waals surface area contributed by atoms with Crippen molar-refractivity contribution in [3.8, 4) is 6.07 Å². The van der Waals surface area contributed by atoms with E-state index in [1.807, 2.05) is 0 Å². The zero-order valence-corrected chi connectivity index (χ0v) is 24.1. The molecule has 1 aliphatic carbocycles. The van der Waals surface area contributed by atoms with Gasteiger partial charge in [0.2, 0.25) is 11.0 Å². The number of thioether (sulfide) groups is 1. The van der Waals surface area contributed by atoms with Gasteiger partial charge >= 0.3 is 0 Å². The second-order valence-electron chi connectivity index (χ2n) is 8.68. The number of carbonyl (C=O) groups is 2. The molecule has 0 spiro atoms. The fourth-order valence-electron chi connectivity index (χ4n) is 4.56. The first-order valence-corrected chi connectivity index (χ1v) is 14.7. The quantitative estimate of drug-likeness (QED) is 0.307. The lowest BCUT2D eigenvalue weighted by Crippen LogP contribution is -2.38. The number of halogens is 3. The third-order valence-electron chi connectivity index (χ3n) is 6.23. The monoisotopic (exact) mass is 644 g/mol. The van der Waals surface area contributed by atoms with Crippen LogP contribution < -0.4 is 16.0 Å². The number of nitrogens with two attached hydrogens (primary N) is 1. The van der Waals surface area contributed by atoms with E-state index in [9.17, 15) is 14.9 Å². The summed E-state index contributed by atoms with van der Waals surface area (Å²) in [5.41, 5.74) is 8.35. The number of ketones is 1. The van der Waals surface area contributed by atoms with E-state index < -0.39 is 11.7 Å². The first-order chi connectivity index (χ1) is 18.8. The zero-order valence-electron chi connectivity index (χ0n) is 20.1. The van der Waals surface area contributed by atoms with Crippen molar-refractivity contribution in [2.24, 2.45) is 5.73 Å². The van der Waals surface area contributed by atoms with Crippen molar-refractivity contribution in [1.29, 1.82) is 5.26 Å². The lowest BCUT2D eigenvalue weighted by Gasteiger charge is -2.38. The van der Waals surface area contributed by atoms with Crippen LogP contribution in [0, 0.1) is 17.1 Å². The minimum Gasteiger partial charge on any atom is -0.384 e. The van der Waals surface area contributed by atoms with Crippen molar-refractivity contribution in [3.63, 3.8) is 0 Å². The summed E-state index contributed by atoms with van der Waals surface area (Å²) in [6.07, 6.45) is 1.38. The first kappa shape index (κ1) is 27.3. The second kappa shape index (κ2) is 11.5. The number of rotatable bonds is 6. The minimum absolute atomic E-state index is 0.0666. The molecular weight excluding hydrogens is 627 g/mol. The molecule has 0 saturated carbocycles. The minimum atomic E-state index is -0.916. The van der Waals surface area contributed by atoms with Crippen molar-refractivity contribution in [3.05, 3.63) is 86.0 Å². The molecule has 3 N–H and O–H groups in total. The molecule has 0 fully saturated rings. The summed E-state index contributed by atoms with van der Waals surface area (Å²) >= 11 is 11.5. The van der Waals surface area contributed by atoms with Gasteiger partial charge in [-0.2, -0.15) is 5.26 Å². The number of hydrogen-bond donors (Lipinski definition) is 2. The standard InChI is InChI=1S/C26H19BrClFN6O2S2/c27-13-4-9-16(18(29)10-13)22-17(11-30)24(31)35(19-2-1-3-20(36)23(19)22)25-33-34-26(39-25)38-12-21(37)32-15-7-5-14(28)6-8-15/h4-10,22H,1-3,12,31H2,(H,32,37). The molecule has 1 amide bonds. The molecule has 5 rings (SSSR count). The molecule has 8 nitrogen and oxygen atoms in total. The fourth-order valence-corrected chi connectivity index (χ4v) is 6.70. The van der Waals surface area contributed by atoms with Crippen LogP contribution in [-0.4, -0.2) is 27.6 Å². The largest absolute Gasteiger partial charge is 0.384 e. The molecule has 1 unspecified atom stereocenters. The van der Waals surface area contributed by atoms with Gasteiger partial charge in [-0.15, -0.1) is 10.2 Å². The van der Waals surface area contributed by atoms with Crippen LogP contribution >= 0.6 is 50.6 Å². The van der Waals surface area contributed by atoms with E-state index in [1.54, 1.807) is 41.3 Å². The highest BCUT2D eigenvalue weighted by Gasteiger charge is 2.42. The SMILES string of the molecule is N#CC1=C(N)N(c2nnc(SCC(=O)Nc3ccc(Cl)cc3)s2)C2=C(C(=O)CCC2)C1c1ccc(Br)cc1F. The molecule has 1 aliphatic heterocycles. The summed E-state index contributed by atoms with van der Waals surface area (Å²) in [5, 5.41) is 22.2. The Bertz CT molecular complexity index is 1580. The molecule has 2 aromatic carbocycles. The summed E-state index contributed by atoms with van der Waals surface area (Å²) < 4.78 is 16.1. The Kier molecular flexibility index (Phi) is 8.04. The third kappa shape index (κ3) is 5.58. The molecule has 2 aliphatic rings. The number of aromatic nitrogens is 2. The van der Waals surface area contributed by atoms with Crippen molar-refractivity contribution >= 4 is 73.1 Å². The predicted molar refractivity (Wildman–Crippen MR) is 153 cm³/mol. The van der Waals surface area contributed by atoms with Crippen molar-refractivity contribution in [2.75, 3.05) is 16.0 Å². The highest BCUT2D eigenvalue weighted by atomic mass is 79.9. The third-order valence-corrected chi connectivity index (χ3v) is 9.02. The fraction of sp³-hybridized carbons (Fsp3) is 0.192. The molecule has 2 heterocycles. The number of nitrogens with zero attached hydrogens (tertiary/aromatic N) is 4. The number of nitriles is 1. The van der Waals surface area contributed by atoms with Gasteiger partial charge < -0.3 is 11.1 Å². The molecule has 0 radical (unpaired) electrons. The average Bonchev–Trinajstić information content (AvgIpc) is 3.37. The number of amides is 1. The lowest BCUT2D eigenvalue weighted by atomic mass is 9.75. The van der Waals surface area contributed by atoms with E-state index in [2.05, 4.69) is 37.5 Å². The van der Waals surface area contributed by atoms with Gasteiger partial charge in [-0.05, 0) is 49.2 Å². The number of hydrogen-bond acceptors (Lipinski definition) is 9. The van der Waals surface area contributed by atoms with Gasteiger partial charge in [0, 0.05) is 38.4 Å². The zero-order chi connectivity index (χ0) is 27.7. The summed E-state index contributed by atoms with van der Waals surface area (Å²) in [7, 11) is 0.